The lowest BCUT2D eigenvalue weighted by atomic mass is 9.99. The van der Waals surface area contributed by atoms with Gasteiger partial charge in [0.05, 0.1) is 26.7 Å². The minimum Gasteiger partial charge on any atom is -0.501 e. The van der Waals surface area contributed by atoms with Crippen LogP contribution in [0.15, 0.2) is 84.3 Å². The third kappa shape index (κ3) is 4.19. The molecule has 2 aromatic carbocycles. The molecule has 0 aromatic heterocycles. The zero-order valence-electron chi connectivity index (χ0n) is 18.1. The topological polar surface area (TPSA) is 27.7 Å². The monoisotopic (exact) mass is 408 g/mol. The predicted octanol–water partition coefficient (Wildman–Crippen LogP) is 4.64. The second kappa shape index (κ2) is 9.01. The molecule has 4 heteroatoms. The van der Waals surface area contributed by atoms with Crippen molar-refractivity contribution in [2.24, 2.45) is 5.92 Å². The van der Waals surface area contributed by atoms with Gasteiger partial charge in [-0.05, 0) is 34.0 Å². The van der Waals surface area contributed by atoms with E-state index >= 15 is 0 Å². The number of hydrogen-bond acceptors (Lipinski definition) is 3. The number of benzene rings is 2. The summed E-state index contributed by atoms with van der Waals surface area (Å²) in [6.45, 7) is 7.40. The maximum atomic E-state index is 7.07. The Morgan fingerprint density at radius 2 is 1.24 bits per heavy atom. The minimum atomic E-state index is -2.58. The summed E-state index contributed by atoms with van der Waals surface area (Å²) in [7, 11) is 0.861. The molecule has 0 aliphatic heterocycles. The molecule has 0 atom stereocenters. The molecule has 0 spiro atoms. The van der Waals surface area contributed by atoms with Gasteiger partial charge in [0, 0.05) is 0 Å². The molecular weight excluding hydrogens is 376 g/mol. The van der Waals surface area contributed by atoms with Gasteiger partial charge >= 0.3 is 0 Å². The number of allylic oxidation sites excluding steroid dienone is 2. The van der Waals surface area contributed by atoms with Crippen molar-refractivity contribution in [3.63, 3.8) is 0 Å². The van der Waals surface area contributed by atoms with Gasteiger partial charge in [-0.3, -0.25) is 0 Å². The van der Waals surface area contributed by atoms with Gasteiger partial charge in [0.1, 0.15) is 11.5 Å². The predicted molar refractivity (Wildman–Crippen MR) is 122 cm³/mol. The highest BCUT2D eigenvalue weighted by atomic mass is 28.4. The third-order valence-corrected chi connectivity index (χ3v) is 10.7. The van der Waals surface area contributed by atoms with Crippen LogP contribution < -0.4 is 10.4 Å². The molecule has 0 unspecified atom stereocenters. The highest BCUT2D eigenvalue weighted by Gasteiger charge is 2.50. The Balaban J connectivity index is 2.08. The van der Waals surface area contributed by atoms with Crippen LogP contribution in [0.3, 0.4) is 0 Å². The van der Waals surface area contributed by atoms with Crippen LogP contribution in [-0.4, -0.2) is 29.1 Å². The maximum absolute atomic E-state index is 7.07. The van der Waals surface area contributed by atoms with Gasteiger partial charge in [0.15, 0.2) is 0 Å². The van der Waals surface area contributed by atoms with E-state index in [1.807, 2.05) is 0 Å². The lowest BCUT2D eigenvalue weighted by Crippen LogP contribution is -2.67. The Bertz CT molecular complexity index is 791. The summed E-state index contributed by atoms with van der Waals surface area (Å²) in [6, 6.07) is 21.4. The number of methoxy groups -OCH3 is 2. The first kappa shape index (κ1) is 21.4. The Hall–Kier alpha value is -2.30. The quantitative estimate of drug-likeness (QED) is 0.625. The molecule has 0 heterocycles. The van der Waals surface area contributed by atoms with Crippen molar-refractivity contribution in [2.45, 2.75) is 32.2 Å². The molecule has 0 bridgehead atoms. The lowest BCUT2D eigenvalue weighted by Gasteiger charge is -2.44. The molecule has 3 rings (SSSR count). The van der Waals surface area contributed by atoms with E-state index < -0.39 is 8.32 Å². The molecule has 29 heavy (non-hydrogen) atoms. The largest absolute Gasteiger partial charge is 0.501 e. The molecule has 0 N–H and O–H groups in total. The molecule has 3 nitrogen and oxygen atoms in total. The number of rotatable bonds is 7. The van der Waals surface area contributed by atoms with Gasteiger partial charge < -0.3 is 13.9 Å². The van der Waals surface area contributed by atoms with Crippen molar-refractivity contribution in [3.8, 4) is 0 Å². The molecular formula is C25H32O3Si. The normalized spacial score (nSPS) is 15.5. The van der Waals surface area contributed by atoms with E-state index in [0.29, 0.717) is 6.61 Å². The van der Waals surface area contributed by atoms with Crippen LogP contribution in [0.5, 0.6) is 0 Å². The number of ether oxygens (including phenoxy) is 2. The summed E-state index contributed by atoms with van der Waals surface area (Å²) in [4.78, 5) is 0. The highest BCUT2D eigenvalue weighted by Crippen LogP contribution is 2.38. The SMILES string of the molecule is COC1=CCC=C(OC)C1CO[Si](c1ccccc1)(c1ccccc1)C(C)(C)C. The van der Waals surface area contributed by atoms with E-state index in [1.54, 1.807) is 14.2 Å². The van der Waals surface area contributed by atoms with Crippen LogP contribution in [0.25, 0.3) is 0 Å². The van der Waals surface area contributed by atoms with Gasteiger partial charge in [-0.1, -0.05) is 81.4 Å². The number of hydrogen-bond donors (Lipinski definition) is 0. The van der Waals surface area contributed by atoms with E-state index in [0.717, 1.165) is 17.9 Å². The van der Waals surface area contributed by atoms with Crippen LogP contribution in [0.4, 0.5) is 0 Å². The van der Waals surface area contributed by atoms with Gasteiger partial charge in [0.25, 0.3) is 8.32 Å². The van der Waals surface area contributed by atoms with Crippen LogP contribution in [-0.2, 0) is 13.9 Å². The van der Waals surface area contributed by atoms with Crippen molar-refractivity contribution in [2.75, 3.05) is 20.8 Å². The average molecular weight is 409 g/mol. The Morgan fingerprint density at radius 1 is 0.793 bits per heavy atom. The lowest BCUT2D eigenvalue weighted by molar-refractivity contribution is 0.145. The molecule has 0 amide bonds. The summed E-state index contributed by atoms with van der Waals surface area (Å²) in [5, 5.41) is 2.50. The maximum Gasteiger partial charge on any atom is 0.261 e. The first-order valence-corrected chi connectivity index (χ1v) is 12.1. The second-order valence-electron chi connectivity index (χ2n) is 8.38. The van der Waals surface area contributed by atoms with Gasteiger partial charge in [-0.15, -0.1) is 0 Å². The van der Waals surface area contributed by atoms with Crippen LogP contribution in [0.1, 0.15) is 27.2 Å². The highest BCUT2D eigenvalue weighted by molar-refractivity contribution is 6.99. The van der Waals surface area contributed by atoms with Crippen molar-refractivity contribution in [3.05, 3.63) is 84.3 Å². The first-order valence-electron chi connectivity index (χ1n) is 10.2. The van der Waals surface area contributed by atoms with E-state index in [1.165, 1.54) is 10.4 Å². The Morgan fingerprint density at radius 3 is 1.62 bits per heavy atom. The standard InChI is InChI=1S/C25H32O3Si/c1-25(2,3)29(20-13-8-6-9-14-20,21-15-10-7-11-16-21)28-19-22-23(26-4)17-12-18-24(22)27-5/h6-11,13-18,22H,12,19H2,1-5H3. The summed E-state index contributed by atoms with van der Waals surface area (Å²) < 4.78 is 18.4. The molecule has 1 aliphatic carbocycles. The smallest absolute Gasteiger partial charge is 0.261 e. The van der Waals surface area contributed by atoms with Crippen molar-refractivity contribution < 1.29 is 13.9 Å². The fourth-order valence-corrected chi connectivity index (χ4v) is 8.87. The Kier molecular flexibility index (Phi) is 6.65. The van der Waals surface area contributed by atoms with Crippen molar-refractivity contribution in [1.82, 2.24) is 0 Å². The van der Waals surface area contributed by atoms with Gasteiger partial charge in [-0.2, -0.15) is 0 Å². The van der Waals surface area contributed by atoms with Crippen LogP contribution >= 0.6 is 0 Å². The van der Waals surface area contributed by atoms with Crippen LogP contribution in [0, 0.1) is 5.92 Å². The van der Waals surface area contributed by atoms with E-state index in [2.05, 4.69) is 93.6 Å². The summed E-state index contributed by atoms with van der Waals surface area (Å²) >= 11 is 0. The molecule has 0 radical (unpaired) electrons. The molecule has 1 aliphatic rings. The molecule has 0 fully saturated rings. The van der Waals surface area contributed by atoms with Crippen molar-refractivity contribution in [1.29, 1.82) is 0 Å². The third-order valence-electron chi connectivity index (χ3n) is 5.68. The van der Waals surface area contributed by atoms with Gasteiger partial charge in [0.2, 0.25) is 0 Å². The zero-order valence-corrected chi connectivity index (χ0v) is 19.1. The fourth-order valence-electron chi connectivity index (χ4n) is 4.30. The summed E-state index contributed by atoms with van der Waals surface area (Å²) in [5.74, 6) is 1.81. The van der Waals surface area contributed by atoms with E-state index in [9.17, 15) is 0 Å². The summed E-state index contributed by atoms with van der Waals surface area (Å²) in [6.07, 6.45) is 5.05. The molecule has 2 aromatic rings. The fraction of sp³-hybridized carbons (Fsp3) is 0.360. The van der Waals surface area contributed by atoms with Gasteiger partial charge in [-0.25, -0.2) is 0 Å². The molecule has 0 saturated carbocycles. The zero-order chi connectivity index (χ0) is 20.9. The van der Waals surface area contributed by atoms with Crippen molar-refractivity contribution >= 4 is 18.7 Å². The minimum absolute atomic E-state index is 0.0274. The second-order valence-corrected chi connectivity index (χ2v) is 12.7. The van der Waals surface area contributed by atoms with E-state index in [-0.39, 0.29) is 11.0 Å². The first-order chi connectivity index (χ1) is 13.9. The van der Waals surface area contributed by atoms with Crippen LogP contribution in [0.2, 0.25) is 5.04 Å². The molecule has 154 valence electrons. The Labute approximate surface area is 176 Å². The summed E-state index contributed by atoms with van der Waals surface area (Å²) in [5.41, 5.74) is 0. The average Bonchev–Trinajstić information content (AvgIpc) is 2.74. The molecule has 0 saturated heterocycles. The van der Waals surface area contributed by atoms with E-state index in [4.69, 9.17) is 13.9 Å².